The van der Waals surface area contributed by atoms with Crippen molar-refractivity contribution in [1.82, 2.24) is 19.1 Å². The number of aromatic nitrogens is 4. The molecule has 104 valence electrons. The van der Waals surface area contributed by atoms with E-state index in [9.17, 15) is 0 Å². The minimum Gasteiger partial charge on any atom is -0.383 e. The van der Waals surface area contributed by atoms with Crippen molar-refractivity contribution in [2.45, 2.75) is 47.2 Å². The van der Waals surface area contributed by atoms with E-state index in [0.717, 1.165) is 42.5 Å². The molecule has 0 aliphatic heterocycles. The molecule has 2 aromatic heterocycles. The van der Waals surface area contributed by atoms with Gasteiger partial charge < -0.3 is 14.9 Å². The molecule has 2 aromatic rings. The highest BCUT2D eigenvalue weighted by atomic mass is 15.2. The Labute approximate surface area is 114 Å². The summed E-state index contributed by atoms with van der Waals surface area (Å²) in [4.78, 5) is 8.90. The van der Waals surface area contributed by atoms with E-state index in [-0.39, 0.29) is 0 Å². The van der Waals surface area contributed by atoms with Crippen LogP contribution in [0.4, 0.5) is 5.82 Å². The molecule has 5 nitrogen and oxygen atoms in total. The summed E-state index contributed by atoms with van der Waals surface area (Å²) in [5, 5.41) is 0. The Morgan fingerprint density at radius 1 is 1.32 bits per heavy atom. The molecular formula is C14H23N5. The number of rotatable bonds is 5. The Morgan fingerprint density at radius 3 is 2.63 bits per heavy atom. The molecule has 0 amide bonds. The van der Waals surface area contributed by atoms with Crippen LogP contribution in [-0.4, -0.2) is 19.1 Å². The lowest BCUT2D eigenvalue weighted by Gasteiger charge is -2.11. The summed E-state index contributed by atoms with van der Waals surface area (Å²) in [6.45, 7) is 10.4. The van der Waals surface area contributed by atoms with Crippen molar-refractivity contribution in [3.05, 3.63) is 18.3 Å². The number of anilines is 1. The molecule has 5 heteroatoms. The number of nitrogen functional groups attached to an aromatic ring is 1. The highest BCUT2D eigenvalue weighted by molar-refractivity contribution is 5.68. The molecule has 0 fully saturated rings. The molecule has 0 radical (unpaired) electrons. The van der Waals surface area contributed by atoms with E-state index in [4.69, 9.17) is 10.7 Å². The van der Waals surface area contributed by atoms with Crippen LogP contribution in [0.1, 0.15) is 33.5 Å². The molecule has 2 heterocycles. The van der Waals surface area contributed by atoms with E-state index in [0.29, 0.717) is 5.92 Å². The summed E-state index contributed by atoms with van der Waals surface area (Å²) < 4.78 is 4.20. The molecule has 0 bridgehead atoms. The highest BCUT2D eigenvalue weighted by Gasteiger charge is 2.18. The summed E-state index contributed by atoms with van der Waals surface area (Å²) in [6, 6.07) is 0. The molecule has 0 aromatic carbocycles. The largest absolute Gasteiger partial charge is 0.383 e. The standard InChI is InChI=1S/C14H23N5/c1-5-12-17-13(11-7-16-9-18(11)6-2)14(15)19(12)8-10(3)4/h7,9-10H,5-6,8,15H2,1-4H3. The minimum absolute atomic E-state index is 0.547. The van der Waals surface area contributed by atoms with Crippen molar-refractivity contribution in [3.8, 4) is 11.4 Å². The van der Waals surface area contributed by atoms with Crippen molar-refractivity contribution in [2.75, 3.05) is 5.73 Å². The molecule has 0 saturated heterocycles. The zero-order valence-corrected chi connectivity index (χ0v) is 12.2. The first-order valence-corrected chi connectivity index (χ1v) is 6.93. The predicted molar refractivity (Wildman–Crippen MR) is 77.8 cm³/mol. The van der Waals surface area contributed by atoms with Gasteiger partial charge in [0.15, 0.2) is 0 Å². The van der Waals surface area contributed by atoms with Crippen LogP contribution in [0.5, 0.6) is 0 Å². The number of hydrogen-bond acceptors (Lipinski definition) is 3. The lowest BCUT2D eigenvalue weighted by molar-refractivity contribution is 0.513. The Bertz CT molecular complexity index is 550. The first-order chi connectivity index (χ1) is 9.08. The van der Waals surface area contributed by atoms with Crippen LogP contribution in [-0.2, 0) is 19.5 Å². The van der Waals surface area contributed by atoms with Gasteiger partial charge in [0, 0.05) is 19.5 Å². The first-order valence-electron chi connectivity index (χ1n) is 6.93. The summed E-state index contributed by atoms with van der Waals surface area (Å²) in [5.74, 6) is 2.34. The second-order valence-corrected chi connectivity index (χ2v) is 5.18. The maximum absolute atomic E-state index is 6.30. The fourth-order valence-corrected chi connectivity index (χ4v) is 2.31. The van der Waals surface area contributed by atoms with Crippen LogP contribution in [0.3, 0.4) is 0 Å². The van der Waals surface area contributed by atoms with Gasteiger partial charge in [-0.05, 0) is 12.8 Å². The van der Waals surface area contributed by atoms with Crippen LogP contribution in [0.15, 0.2) is 12.5 Å². The van der Waals surface area contributed by atoms with Crippen LogP contribution in [0.25, 0.3) is 11.4 Å². The molecule has 19 heavy (non-hydrogen) atoms. The van der Waals surface area contributed by atoms with Crippen molar-refractivity contribution in [2.24, 2.45) is 5.92 Å². The maximum Gasteiger partial charge on any atom is 0.133 e. The Balaban J connectivity index is 2.50. The van der Waals surface area contributed by atoms with Gasteiger partial charge in [-0.2, -0.15) is 0 Å². The van der Waals surface area contributed by atoms with Gasteiger partial charge in [-0.25, -0.2) is 9.97 Å². The van der Waals surface area contributed by atoms with Crippen molar-refractivity contribution >= 4 is 5.82 Å². The second-order valence-electron chi connectivity index (χ2n) is 5.18. The normalized spacial score (nSPS) is 11.4. The number of aryl methyl sites for hydroxylation is 2. The maximum atomic E-state index is 6.30. The van der Waals surface area contributed by atoms with Crippen molar-refractivity contribution < 1.29 is 0 Å². The van der Waals surface area contributed by atoms with E-state index in [1.165, 1.54) is 0 Å². The molecule has 0 aliphatic rings. The van der Waals surface area contributed by atoms with E-state index in [2.05, 4.69) is 41.8 Å². The zero-order valence-electron chi connectivity index (χ0n) is 12.2. The third-order valence-corrected chi connectivity index (χ3v) is 3.25. The monoisotopic (exact) mass is 261 g/mol. The topological polar surface area (TPSA) is 61.7 Å². The third kappa shape index (κ3) is 2.50. The lowest BCUT2D eigenvalue weighted by atomic mass is 10.2. The van der Waals surface area contributed by atoms with Gasteiger partial charge in [-0.15, -0.1) is 0 Å². The summed E-state index contributed by atoms with van der Waals surface area (Å²) in [5.41, 5.74) is 8.16. The fourth-order valence-electron chi connectivity index (χ4n) is 2.31. The van der Waals surface area contributed by atoms with E-state index >= 15 is 0 Å². The van der Waals surface area contributed by atoms with Crippen LogP contribution in [0, 0.1) is 5.92 Å². The quantitative estimate of drug-likeness (QED) is 0.899. The van der Waals surface area contributed by atoms with E-state index in [1.807, 2.05) is 12.5 Å². The van der Waals surface area contributed by atoms with Gasteiger partial charge in [0.1, 0.15) is 17.3 Å². The van der Waals surface area contributed by atoms with Crippen molar-refractivity contribution in [3.63, 3.8) is 0 Å². The molecule has 2 rings (SSSR count). The zero-order chi connectivity index (χ0) is 14.0. The number of nitrogens with two attached hydrogens (primary N) is 1. The molecule has 0 saturated carbocycles. The van der Waals surface area contributed by atoms with Crippen molar-refractivity contribution in [1.29, 1.82) is 0 Å². The Kier molecular flexibility index (Phi) is 3.93. The van der Waals surface area contributed by atoms with Gasteiger partial charge in [-0.1, -0.05) is 20.8 Å². The fraction of sp³-hybridized carbons (Fsp3) is 0.571. The summed E-state index contributed by atoms with van der Waals surface area (Å²) in [6.07, 6.45) is 4.54. The summed E-state index contributed by atoms with van der Waals surface area (Å²) >= 11 is 0. The second kappa shape index (κ2) is 5.47. The number of hydrogen-bond donors (Lipinski definition) is 1. The Morgan fingerprint density at radius 2 is 2.05 bits per heavy atom. The number of imidazole rings is 2. The SMILES string of the molecule is CCc1nc(-c2cncn2CC)c(N)n1CC(C)C. The van der Waals surface area contributed by atoms with Gasteiger partial charge in [0.25, 0.3) is 0 Å². The molecule has 0 unspecified atom stereocenters. The minimum atomic E-state index is 0.547. The molecular weight excluding hydrogens is 238 g/mol. The van der Waals surface area contributed by atoms with Gasteiger partial charge in [0.2, 0.25) is 0 Å². The van der Waals surface area contributed by atoms with Crippen LogP contribution < -0.4 is 5.73 Å². The van der Waals surface area contributed by atoms with E-state index < -0.39 is 0 Å². The summed E-state index contributed by atoms with van der Waals surface area (Å²) in [7, 11) is 0. The van der Waals surface area contributed by atoms with Gasteiger partial charge >= 0.3 is 0 Å². The molecule has 0 spiro atoms. The molecule has 2 N–H and O–H groups in total. The van der Waals surface area contributed by atoms with Crippen LogP contribution >= 0.6 is 0 Å². The van der Waals surface area contributed by atoms with E-state index in [1.54, 1.807) is 0 Å². The van der Waals surface area contributed by atoms with Gasteiger partial charge in [-0.3, -0.25) is 0 Å². The predicted octanol–water partition coefficient (Wildman–Crippen LogP) is 2.57. The first kappa shape index (κ1) is 13.6. The third-order valence-electron chi connectivity index (χ3n) is 3.25. The number of nitrogens with zero attached hydrogens (tertiary/aromatic N) is 4. The smallest absolute Gasteiger partial charge is 0.133 e. The highest BCUT2D eigenvalue weighted by Crippen LogP contribution is 2.27. The molecule has 0 atom stereocenters. The average molecular weight is 261 g/mol. The average Bonchev–Trinajstić information content (AvgIpc) is 2.95. The van der Waals surface area contributed by atoms with Crippen LogP contribution in [0.2, 0.25) is 0 Å². The van der Waals surface area contributed by atoms with Gasteiger partial charge in [0.05, 0.1) is 18.2 Å². The molecule has 0 aliphatic carbocycles. The Hall–Kier alpha value is -1.78. The lowest BCUT2D eigenvalue weighted by Crippen LogP contribution is -2.11.